The van der Waals surface area contributed by atoms with Gasteiger partial charge >= 0.3 is 0 Å². The molecule has 25 heavy (non-hydrogen) atoms. The molecule has 0 aromatic carbocycles. The van der Waals surface area contributed by atoms with Crippen molar-refractivity contribution in [2.45, 2.75) is 73.8 Å². The number of hydrogen-bond acceptors (Lipinski definition) is 1. The van der Waals surface area contributed by atoms with Crippen LogP contribution in [-0.2, 0) is 4.79 Å². The lowest BCUT2D eigenvalue weighted by Crippen LogP contribution is -2.28. The minimum absolute atomic E-state index is 0.0420. The highest BCUT2D eigenvalue weighted by atomic mass is 16.1. The highest BCUT2D eigenvalue weighted by Gasteiger charge is 2.26. The van der Waals surface area contributed by atoms with Gasteiger partial charge in [-0.1, -0.05) is 55.4 Å². The first-order valence-electron chi connectivity index (χ1n) is 9.34. The van der Waals surface area contributed by atoms with Gasteiger partial charge in [0, 0.05) is 12.1 Å². The largest absolute Gasteiger partial charge is 0.350 e. The zero-order valence-corrected chi connectivity index (χ0v) is 17.1. The van der Waals surface area contributed by atoms with Gasteiger partial charge in [0.05, 0.1) is 0 Å². The summed E-state index contributed by atoms with van der Waals surface area (Å²) in [7, 11) is 0. The predicted octanol–water partition coefficient (Wildman–Crippen LogP) is 6.04. The number of carbonyl (C=O) groups is 1. The zero-order valence-electron chi connectivity index (χ0n) is 17.1. The highest BCUT2D eigenvalue weighted by molar-refractivity contribution is 5.88. The second kappa shape index (κ2) is 9.60. The molecule has 0 aromatic rings. The molecule has 2 heteroatoms. The standard InChI is InChI=1S/C23H35NO/c1-17(2)24-22(25)16-19(4)11-8-10-18(3)13-14-21-20(5)12-9-15-23(21,6)7/h8,10-11,13-14,16-17H,9,12,15H2,1-7H3,(H,24,25)/b11-8+,14-13+,18-10+,19-16+. The first kappa shape index (κ1) is 21.2. The molecular weight excluding hydrogens is 306 g/mol. The number of allylic oxidation sites excluding steroid dienone is 9. The lowest BCUT2D eigenvalue weighted by Gasteiger charge is -2.32. The Labute approximate surface area is 154 Å². The molecule has 1 aliphatic carbocycles. The summed E-state index contributed by atoms with van der Waals surface area (Å²) >= 11 is 0. The van der Waals surface area contributed by atoms with E-state index in [0.29, 0.717) is 0 Å². The maximum Gasteiger partial charge on any atom is 0.244 e. The van der Waals surface area contributed by atoms with Gasteiger partial charge in [0.15, 0.2) is 0 Å². The molecule has 1 N–H and O–H groups in total. The Balaban J connectivity index is 2.72. The fourth-order valence-corrected chi connectivity index (χ4v) is 3.21. The molecule has 0 unspecified atom stereocenters. The third kappa shape index (κ3) is 7.72. The molecule has 1 aliphatic rings. The fraction of sp³-hybridized carbons (Fsp3) is 0.522. The molecule has 2 nitrogen and oxygen atoms in total. The van der Waals surface area contributed by atoms with Gasteiger partial charge in [0.1, 0.15) is 0 Å². The molecular formula is C23H35NO. The second-order valence-corrected chi connectivity index (χ2v) is 8.09. The monoisotopic (exact) mass is 341 g/mol. The van der Waals surface area contributed by atoms with Crippen molar-refractivity contribution in [1.29, 1.82) is 0 Å². The summed E-state index contributed by atoms with van der Waals surface area (Å²) in [6.07, 6.45) is 15.9. The van der Waals surface area contributed by atoms with Crippen LogP contribution in [0.25, 0.3) is 0 Å². The van der Waals surface area contributed by atoms with Crippen molar-refractivity contribution in [3.63, 3.8) is 0 Å². The summed E-state index contributed by atoms with van der Waals surface area (Å²) in [5.74, 6) is -0.0420. The number of amides is 1. The summed E-state index contributed by atoms with van der Waals surface area (Å²) in [6, 6.07) is 0.162. The van der Waals surface area contributed by atoms with Gasteiger partial charge in [-0.05, 0) is 70.4 Å². The van der Waals surface area contributed by atoms with Gasteiger partial charge in [-0.25, -0.2) is 0 Å². The summed E-state index contributed by atoms with van der Waals surface area (Å²) in [4.78, 5) is 11.7. The first-order valence-corrected chi connectivity index (χ1v) is 9.34. The van der Waals surface area contributed by atoms with Gasteiger partial charge in [-0.15, -0.1) is 0 Å². The topological polar surface area (TPSA) is 29.1 Å². The number of rotatable bonds is 6. The fourth-order valence-electron chi connectivity index (χ4n) is 3.21. The Morgan fingerprint density at radius 2 is 1.84 bits per heavy atom. The minimum atomic E-state index is -0.0420. The van der Waals surface area contributed by atoms with Crippen LogP contribution in [0.15, 0.2) is 58.7 Å². The molecule has 138 valence electrons. The SMILES string of the molecule is CC1=C(/C=C/C(C)=C/C=C/C(C)=C/C(=O)NC(C)C)C(C)(C)CCC1. The Hall–Kier alpha value is -1.83. The second-order valence-electron chi connectivity index (χ2n) is 8.09. The smallest absolute Gasteiger partial charge is 0.244 e. The van der Waals surface area contributed by atoms with Crippen LogP contribution >= 0.6 is 0 Å². The number of nitrogens with one attached hydrogen (secondary N) is 1. The maximum absolute atomic E-state index is 11.7. The summed E-state index contributed by atoms with van der Waals surface area (Å²) in [6.45, 7) is 14.9. The van der Waals surface area contributed by atoms with E-state index < -0.39 is 0 Å². The number of hydrogen-bond donors (Lipinski definition) is 1. The van der Waals surface area contributed by atoms with Gasteiger partial charge in [-0.2, -0.15) is 0 Å². The van der Waals surface area contributed by atoms with Gasteiger partial charge < -0.3 is 5.32 Å². The molecule has 0 spiro atoms. The van der Waals surface area contributed by atoms with Gasteiger partial charge in [0.25, 0.3) is 0 Å². The first-order chi connectivity index (χ1) is 11.6. The van der Waals surface area contributed by atoms with Crippen molar-refractivity contribution in [3.8, 4) is 0 Å². The quantitative estimate of drug-likeness (QED) is 0.463. The van der Waals surface area contributed by atoms with Crippen LogP contribution < -0.4 is 5.32 Å². The lowest BCUT2D eigenvalue weighted by atomic mass is 9.72. The van der Waals surface area contributed by atoms with E-state index in [1.54, 1.807) is 6.08 Å². The predicted molar refractivity (Wildman–Crippen MR) is 109 cm³/mol. The van der Waals surface area contributed by atoms with Crippen molar-refractivity contribution in [2.75, 3.05) is 0 Å². The van der Waals surface area contributed by atoms with Gasteiger partial charge in [0.2, 0.25) is 5.91 Å². The normalized spacial score (nSPS) is 19.4. The molecule has 0 atom stereocenters. The van der Waals surface area contributed by atoms with E-state index in [4.69, 9.17) is 0 Å². The molecule has 0 fully saturated rings. The zero-order chi connectivity index (χ0) is 19.0. The van der Waals surface area contributed by atoms with Crippen LogP contribution in [0.4, 0.5) is 0 Å². The molecule has 0 saturated heterocycles. The van der Waals surface area contributed by atoms with Crippen LogP contribution in [0.1, 0.15) is 67.7 Å². The van der Waals surface area contributed by atoms with E-state index in [2.05, 4.69) is 51.2 Å². The maximum atomic E-state index is 11.7. The molecule has 0 heterocycles. The van der Waals surface area contributed by atoms with E-state index in [1.165, 1.54) is 36.0 Å². The Morgan fingerprint density at radius 1 is 1.16 bits per heavy atom. The lowest BCUT2D eigenvalue weighted by molar-refractivity contribution is -0.117. The average molecular weight is 342 g/mol. The highest BCUT2D eigenvalue weighted by Crippen LogP contribution is 2.40. The average Bonchev–Trinajstić information content (AvgIpc) is 2.44. The summed E-state index contributed by atoms with van der Waals surface area (Å²) < 4.78 is 0. The van der Waals surface area contributed by atoms with E-state index in [1.807, 2.05) is 32.9 Å². The molecule has 0 aromatic heterocycles. The molecule has 0 bridgehead atoms. The van der Waals surface area contributed by atoms with Crippen molar-refractivity contribution in [3.05, 3.63) is 58.7 Å². The van der Waals surface area contributed by atoms with Crippen LogP contribution in [0.5, 0.6) is 0 Å². The Kier molecular flexibility index (Phi) is 8.15. The van der Waals surface area contributed by atoms with Crippen LogP contribution in [-0.4, -0.2) is 11.9 Å². The van der Waals surface area contributed by atoms with E-state index in [0.717, 1.165) is 5.57 Å². The van der Waals surface area contributed by atoms with E-state index >= 15 is 0 Å². The van der Waals surface area contributed by atoms with Crippen LogP contribution in [0.2, 0.25) is 0 Å². The third-order valence-corrected chi connectivity index (χ3v) is 4.56. The van der Waals surface area contributed by atoms with E-state index in [-0.39, 0.29) is 17.4 Å². The van der Waals surface area contributed by atoms with Crippen molar-refractivity contribution >= 4 is 5.91 Å². The number of carbonyl (C=O) groups excluding carboxylic acids is 1. The van der Waals surface area contributed by atoms with Crippen LogP contribution in [0, 0.1) is 5.41 Å². The molecule has 0 saturated carbocycles. The molecule has 0 aliphatic heterocycles. The van der Waals surface area contributed by atoms with E-state index in [9.17, 15) is 4.79 Å². The third-order valence-electron chi connectivity index (χ3n) is 4.56. The Bertz CT molecular complexity index is 624. The van der Waals surface area contributed by atoms with Crippen LogP contribution in [0.3, 0.4) is 0 Å². The van der Waals surface area contributed by atoms with Gasteiger partial charge in [-0.3, -0.25) is 4.79 Å². The van der Waals surface area contributed by atoms with Crippen molar-refractivity contribution < 1.29 is 4.79 Å². The van der Waals surface area contributed by atoms with Crippen molar-refractivity contribution in [2.24, 2.45) is 5.41 Å². The molecule has 1 rings (SSSR count). The van der Waals surface area contributed by atoms with Crippen molar-refractivity contribution in [1.82, 2.24) is 5.32 Å². The molecule has 1 amide bonds. The molecule has 0 radical (unpaired) electrons. The Morgan fingerprint density at radius 3 is 2.44 bits per heavy atom. The summed E-state index contributed by atoms with van der Waals surface area (Å²) in [5.41, 5.74) is 5.43. The summed E-state index contributed by atoms with van der Waals surface area (Å²) in [5, 5.41) is 2.86. The minimum Gasteiger partial charge on any atom is -0.350 e.